The standard InChI is InChI=1S/C17H31N5/c1-6-18-17(19-10-9-15-7-8-15)20-12(2)11-16-13(3)21-22(5)14(16)4/h12,15H,6-11H2,1-5H3,(H2,18,19,20). The van der Waals surface area contributed by atoms with Crippen LogP contribution in [0.4, 0.5) is 0 Å². The van der Waals surface area contributed by atoms with Gasteiger partial charge in [0.1, 0.15) is 0 Å². The van der Waals surface area contributed by atoms with E-state index in [9.17, 15) is 0 Å². The van der Waals surface area contributed by atoms with Gasteiger partial charge in [0, 0.05) is 31.9 Å². The molecule has 0 aromatic carbocycles. The summed E-state index contributed by atoms with van der Waals surface area (Å²) in [5.74, 6) is 1.87. The van der Waals surface area contributed by atoms with Crippen molar-refractivity contribution < 1.29 is 0 Å². The van der Waals surface area contributed by atoms with E-state index in [0.717, 1.165) is 37.1 Å². The van der Waals surface area contributed by atoms with Gasteiger partial charge in [-0.15, -0.1) is 0 Å². The first-order chi connectivity index (χ1) is 10.5. The molecule has 124 valence electrons. The molecule has 0 saturated heterocycles. The quantitative estimate of drug-likeness (QED) is 0.600. The van der Waals surface area contributed by atoms with Gasteiger partial charge in [-0.2, -0.15) is 5.10 Å². The molecule has 1 atom stereocenters. The number of nitrogens with one attached hydrogen (secondary N) is 2. The number of aliphatic imine (C=N–C) groups is 1. The number of guanidine groups is 1. The number of rotatable bonds is 7. The van der Waals surface area contributed by atoms with Gasteiger partial charge in [-0.05, 0) is 52.0 Å². The Hall–Kier alpha value is -1.52. The van der Waals surface area contributed by atoms with Crippen LogP contribution in [0.2, 0.25) is 0 Å². The van der Waals surface area contributed by atoms with Crippen LogP contribution in [0.3, 0.4) is 0 Å². The molecule has 1 heterocycles. The molecular formula is C17H31N5. The smallest absolute Gasteiger partial charge is 0.191 e. The molecule has 1 unspecified atom stereocenters. The predicted molar refractivity (Wildman–Crippen MR) is 92.3 cm³/mol. The third-order valence-corrected chi connectivity index (χ3v) is 4.40. The molecule has 22 heavy (non-hydrogen) atoms. The van der Waals surface area contributed by atoms with Crippen molar-refractivity contribution in [3.63, 3.8) is 0 Å². The molecule has 5 heteroatoms. The first-order valence-electron chi connectivity index (χ1n) is 8.55. The van der Waals surface area contributed by atoms with E-state index in [1.807, 2.05) is 11.7 Å². The van der Waals surface area contributed by atoms with E-state index in [0.29, 0.717) is 6.04 Å². The molecule has 2 N–H and O–H groups in total. The predicted octanol–water partition coefficient (Wildman–Crippen LogP) is 2.32. The molecule has 0 amide bonds. The van der Waals surface area contributed by atoms with E-state index in [1.165, 1.54) is 30.5 Å². The minimum Gasteiger partial charge on any atom is -0.357 e. The fourth-order valence-corrected chi connectivity index (χ4v) is 2.79. The highest BCUT2D eigenvalue weighted by atomic mass is 15.3. The van der Waals surface area contributed by atoms with E-state index >= 15 is 0 Å². The van der Waals surface area contributed by atoms with E-state index in [2.05, 4.69) is 43.4 Å². The lowest BCUT2D eigenvalue weighted by molar-refractivity contribution is 0.632. The summed E-state index contributed by atoms with van der Waals surface area (Å²) in [5, 5.41) is 11.4. The number of hydrogen-bond donors (Lipinski definition) is 2. The number of hydrogen-bond acceptors (Lipinski definition) is 2. The van der Waals surface area contributed by atoms with E-state index in [-0.39, 0.29) is 0 Å². The highest BCUT2D eigenvalue weighted by molar-refractivity contribution is 5.80. The van der Waals surface area contributed by atoms with Crippen LogP contribution in [0.25, 0.3) is 0 Å². The summed E-state index contributed by atoms with van der Waals surface area (Å²) in [5.41, 5.74) is 3.72. The molecular weight excluding hydrogens is 274 g/mol. The topological polar surface area (TPSA) is 54.2 Å². The lowest BCUT2D eigenvalue weighted by atomic mass is 10.1. The normalized spacial score (nSPS) is 16.7. The Bertz CT molecular complexity index is 513. The average Bonchev–Trinajstić information content (AvgIpc) is 3.24. The molecule has 0 radical (unpaired) electrons. The Morgan fingerprint density at radius 2 is 2.14 bits per heavy atom. The van der Waals surface area contributed by atoms with Crippen LogP contribution < -0.4 is 10.6 Å². The molecule has 1 saturated carbocycles. The fraction of sp³-hybridized carbons (Fsp3) is 0.765. The van der Waals surface area contributed by atoms with Crippen molar-refractivity contribution in [1.82, 2.24) is 20.4 Å². The van der Waals surface area contributed by atoms with Gasteiger partial charge in [-0.25, -0.2) is 0 Å². The van der Waals surface area contributed by atoms with Crippen LogP contribution in [-0.2, 0) is 13.5 Å². The van der Waals surface area contributed by atoms with Crippen molar-refractivity contribution in [3.05, 3.63) is 17.0 Å². The number of aryl methyl sites for hydroxylation is 2. The second-order valence-corrected chi connectivity index (χ2v) is 6.52. The Labute approximate surface area is 134 Å². The molecule has 2 rings (SSSR count). The summed E-state index contributed by atoms with van der Waals surface area (Å²) in [4.78, 5) is 4.70. The number of aromatic nitrogens is 2. The third-order valence-electron chi connectivity index (χ3n) is 4.40. The molecule has 1 aliphatic rings. The van der Waals surface area contributed by atoms with Gasteiger partial charge in [0.25, 0.3) is 0 Å². The summed E-state index contributed by atoms with van der Waals surface area (Å²) in [6, 6.07) is 0.334. The van der Waals surface area contributed by atoms with E-state index in [4.69, 9.17) is 4.99 Å². The van der Waals surface area contributed by atoms with Gasteiger partial charge in [-0.1, -0.05) is 12.8 Å². The van der Waals surface area contributed by atoms with Gasteiger partial charge in [-0.3, -0.25) is 9.67 Å². The van der Waals surface area contributed by atoms with Gasteiger partial charge >= 0.3 is 0 Å². The van der Waals surface area contributed by atoms with Crippen molar-refractivity contribution in [2.45, 2.75) is 59.4 Å². The Morgan fingerprint density at radius 3 is 2.68 bits per heavy atom. The Morgan fingerprint density at radius 1 is 1.41 bits per heavy atom. The highest BCUT2D eigenvalue weighted by Crippen LogP contribution is 2.32. The highest BCUT2D eigenvalue weighted by Gasteiger charge is 2.20. The second kappa shape index (κ2) is 7.65. The van der Waals surface area contributed by atoms with Crippen molar-refractivity contribution in [2.75, 3.05) is 13.1 Å². The van der Waals surface area contributed by atoms with Gasteiger partial charge in [0.05, 0.1) is 5.69 Å². The summed E-state index contributed by atoms with van der Waals surface area (Å²) in [6.07, 6.45) is 5.00. The summed E-state index contributed by atoms with van der Waals surface area (Å²) >= 11 is 0. The van der Waals surface area contributed by atoms with E-state index in [1.54, 1.807) is 0 Å². The maximum absolute atomic E-state index is 4.70. The Kier molecular flexibility index (Phi) is 5.86. The van der Waals surface area contributed by atoms with E-state index < -0.39 is 0 Å². The zero-order valence-electron chi connectivity index (χ0n) is 14.7. The molecule has 1 aliphatic carbocycles. The van der Waals surface area contributed by atoms with Crippen LogP contribution >= 0.6 is 0 Å². The lowest BCUT2D eigenvalue weighted by Crippen LogP contribution is -2.43. The fourth-order valence-electron chi connectivity index (χ4n) is 2.79. The van der Waals surface area contributed by atoms with Crippen LogP contribution in [-0.4, -0.2) is 34.9 Å². The van der Waals surface area contributed by atoms with Crippen molar-refractivity contribution in [1.29, 1.82) is 0 Å². The van der Waals surface area contributed by atoms with Gasteiger partial charge < -0.3 is 10.6 Å². The second-order valence-electron chi connectivity index (χ2n) is 6.52. The molecule has 1 aromatic heterocycles. The Balaban J connectivity index is 1.90. The maximum atomic E-state index is 4.70. The average molecular weight is 305 g/mol. The lowest BCUT2D eigenvalue weighted by Gasteiger charge is -2.18. The molecule has 5 nitrogen and oxygen atoms in total. The summed E-state index contributed by atoms with van der Waals surface area (Å²) in [7, 11) is 2.01. The SMILES string of the molecule is CCNC(=NCCC1CC1)NC(C)Cc1c(C)nn(C)c1C. The van der Waals surface area contributed by atoms with Crippen molar-refractivity contribution >= 4 is 5.96 Å². The minimum absolute atomic E-state index is 0.334. The third kappa shape index (κ3) is 4.75. The maximum Gasteiger partial charge on any atom is 0.191 e. The largest absolute Gasteiger partial charge is 0.357 e. The monoisotopic (exact) mass is 305 g/mol. The molecule has 1 aromatic rings. The first kappa shape index (κ1) is 16.8. The van der Waals surface area contributed by atoms with Crippen LogP contribution in [0.1, 0.15) is 50.1 Å². The first-order valence-corrected chi connectivity index (χ1v) is 8.55. The van der Waals surface area contributed by atoms with Gasteiger partial charge in [0.2, 0.25) is 0 Å². The van der Waals surface area contributed by atoms with Crippen LogP contribution in [0, 0.1) is 19.8 Å². The minimum atomic E-state index is 0.334. The number of nitrogens with zero attached hydrogens (tertiary/aromatic N) is 3. The van der Waals surface area contributed by atoms with Crippen LogP contribution in [0.5, 0.6) is 0 Å². The summed E-state index contributed by atoms with van der Waals surface area (Å²) < 4.78 is 1.96. The van der Waals surface area contributed by atoms with Crippen molar-refractivity contribution in [3.8, 4) is 0 Å². The van der Waals surface area contributed by atoms with Crippen LogP contribution in [0.15, 0.2) is 4.99 Å². The zero-order chi connectivity index (χ0) is 16.1. The summed E-state index contributed by atoms with van der Waals surface area (Å²) in [6.45, 7) is 10.4. The molecule has 0 bridgehead atoms. The molecule has 0 aliphatic heterocycles. The molecule has 0 spiro atoms. The van der Waals surface area contributed by atoms with Gasteiger partial charge in [0.15, 0.2) is 5.96 Å². The zero-order valence-corrected chi connectivity index (χ0v) is 14.7. The molecule has 1 fully saturated rings. The van der Waals surface area contributed by atoms with Crippen molar-refractivity contribution in [2.24, 2.45) is 18.0 Å².